The van der Waals surface area contributed by atoms with Crippen molar-refractivity contribution < 1.29 is 14.3 Å². The van der Waals surface area contributed by atoms with Gasteiger partial charge in [0.15, 0.2) is 10.2 Å². The summed E-state index contributed by atoms with van der Waals surface area (Å²) in [6.45, 7) is 7.30. The van der Waals surface area contributed by atoms with Crippen LogP contribution >= 0.6 is 23.6 Å². The molecule has 8 heteroatoms. The molecule has 0 atom stereocenters. The minimum absolute atomic E-state index is 0.160. The van der Waals surface area contributed by atoms with Gasteiger partial charge in [0.05, 0.1) is 12.3 Å². The Bertz CT molecular complexity index is 526. The van der Waals surface area contributed by atoms with E-state index in [0.29, 0.717) is 22.3 Å². The van der Waals surface area contributed by atoms with E-state index in [9.17, 15) is 9.59 Å². The number of aromatic nitrogens is 1. The number of hydrogen-bond donors (Lipinski definition) is 2. The number of nitrogens with one attached hydrogen (secondary N) is 2. The Morgan fingerprint density at radius 2 is 2.10 bits per heavy atom. The minimum atomic E-state index is -0.410. The van der Waals surface area contributed by atoms with Gasteiger partial charge in [-0.1, -0.05) is 25.2 Å². The molecule has 0 saturated carbocycles. The maximum atomic E-state index is 11.6. The molecule has 0 unspecified atom stereocenters. The Morgan fingerprint density at radius 3 is 2.65 bits per heavy atom. The van der Waals surface area contributed by atoms with Crippen LogP contribution in [0.1, 0.15) is 36.1 Å². The fourth-order valence-electron chi connectivity index (χ4n) is 1.22. The third-order valence-corrected chi connectivity index (χ3v) is 3.50. The van der Waals surface area contributed by atoms with Gasteiger partial charge in [-0.2, -0.15) is 0 Å². The van der Waals surface area contributed by atoms with Crippen molar-refractivity contribution in [1.29, 1.82) is 0 Å². The van der Waals surface area contributed by atoms with Crippen LogP contribution in [-0.4, -0.2) is 28.6 Å². The van der Waals surface area contributed by atoms with Gasteiger partial charge in [0.1, 0.15) is 4.88 Å². The van der Waals surface area contributed by atoms with Gasteiger partial charge in [0, 0.05) is 5.92 Å². The van der Waals surface area contributed by atoms with E-state index in [0.717, 1.165) is 11.3 Å². The lowest BCUT2D eigenvalue weighted by Gasteiger charge is -2.08. The predicted octanol–water partition coefficient (Wildman–Crippen LogP) is 2.10. The summed E-state index contributed by atoms with van der Waals surface area (Å²) < 4.78 is 4.92. The quantitative estimate of drug-likeness (QED) is 0.654. The Hall–Kier alpha value is -1.54. The van der Waals surface area contributed by atoms with Crippen LogP contribution in [0.4, 0.5) is 5.13 Å². The number of hydrogen-bond acceptors (Lipinski definition) is 6. The zero-order valence-electron chi connectivity index (χ0n) is 11.8. The van der Waals surface area contributed by atoms with Gasteiger partial charge in [-0.05, 0) is 26.1 Å². The molecule has 0 fully saturated rings. The van der Waals surface area contributed by atoms with E-state index < -0.39 is 5.97 Å². The van der Waals surface area contributed by atoms with E-state index >= 15 is 0 Å². The second-order valence-corrected chi connectivity index (χ2v) is 5.66. The lowest BCUT2D eigenvalue weighted by atomic mass is 10.2. The Kier molecular flexibility index (Phi) is 6.03. The zero-order valence-corrected chi connectivity index (χ0v) is 13.4. The molecule has 0 spiro atoms. The average Bonchev–Trinajstić information content (AvgIpc) is 2.70. The molecule has 1 aromatic heterocycles. The van der Waals surface area contributed by atoms with E-state index in [-0.39, 0.29) is 16.9 Å². The molecule has 1 amide bonds. The molecule has 0 bridgehead atoms. The van der Waals surface area contributed by atoms with Crippen LogP contribution in [0.25, 0.3) is 0 Å². The van der Waals surface area contributed by atoms with Crippen molar-refractivity contribution in [3.63, 3.8) is 0 Å². The molecule has 0 radical (unpaired) electrons. The minimum Gasteiger partial charge on any atom is -0.462 e. The van der Waals surface area contributed by atoms with Crippen LogP contribution in [-0.2, 0) is 9.53 Å². The fourth-order valence-corrected chi connectivity index (χ4v) is 2.35. The van der Waals surface area contributed by atoms with E-state index in [1.54, 1.807) is 27.7 Å². The molecule has 110 valence electrons. The van der Waals surface area contributed by atoms with Gasteiger partial charge in [0.2, 0.25) is 5.91 Å². The molecule has 1 heterocycles. The smallest absolute Gasteiger partial charge is 0.350 e. The number of carbonyl (C=O) groups is 2. The Morgan fingerprint density at radius 1 is 1.45 bits per heavy atom. The normalized spacial score (nSPS) is 10.2. The van der Waals surface area contributed by atoms with Crippen LogP contribution in [0.15, 0.2) is 0 Å². The second kappa shape index (κ2) is 7.30. The van der Waals surface area contributed by atoms with Crippen molar-refractivity contribution in [2.24, 2.45) is 5.92 Å². The molecule has 0 aliphatic carbocycles. The number of esters is 1. The molecule has 2 N–H and O–H groups in total. The summed E-state index contributed by atoms with van der Waals surface area (Å²) >= 11 is 6.14. The van der Waals surface area contributed by atoms with E-state index in [1.807, 2.05) is 0 Å². The lowest BCUT2D eigenvalue weighted by molar-refractivity contribution is -0.122. The van der Waals surface area contributed by atoms with Crippen LogP contribution in [0.2, 0.25) is 0 Å². The highest BCUT2D eigenvalue weighted by atomic mass is 32.1. The molecule has 6 nitrogen and oxygen atoms in total. The van der Waals surface area contributed by atoms with Gasteiger partial charge in [0.25, 0.3) is 0 Å². The summed E-state index contributed by atoms with van der Waals surface area (Å²) in [6.07, 6.45) is 0. The van der Waals surface area contributed by atoms with Crippen molar-refractivity contribution in [3.8, 4) is 0 Å². The third-order valence-electron chi connectivity index (χ3n) is 2.24. The first-order chi connectivity index (χ1) is 9.35. The zero-order chi connectivity index (χ0) is 15.3. The van der Waals surface area contributed by atoms with Crippen molar-refractivity contribution in [2.45, 2.75) is 27.7 Å². The van der Waals surface area contributed by atoms with Crippen molar-refractivity contribution >= 4 is 45.7 Å². The average molecular weight is 315 g/mol. The number of ether oxygens (including phenoxy) is 1. The largest absolute Gasteiger partial charge is 0.462 e. The topological polar surface area (TPSA) is 80.3 Å². The fraction of sp³-hybridized carbons (Fsp3) is 0.500. The number of thiazole rings is 1. The summed E-state index contributed by atoms with van der Waals surface area (Å²) in [5, 5.41) is 5.93. The number of amides is 1. The van der Waals surface area contributed by atoms with Crippen LogP contribution in [0.5, 0.6) is 0 Å². The highest BCUT2D eigenvalue weighted by Crippen LogP contribution is 2.23. The molecule has 1 rings (SSSR count). The number of anilines is 1. The van der Waals surface area contributed by atoms with Gasteiger partial charge < -0.3 is 15.4 Å². The van der Waals surface area contributed by atoms with Gasteiger partial charge in [-0.3, -0.25) is 4.79 Å². The number of rotatable bonds is 4. The predicted molar refractivity (Wildman–Crippen MR) is 82.0 cm³/mol. The molecule has 20 heavy (non-hydrogen) atoms. The van der Waals surface area contributed by atoms with Gasteiger partial charge >= 0.3 is 5.97 Å². The molecule has 0 aromatic carbocycles. The molecule has 0 aliphatic heterocycles. The summed E-state index contributed by atoms with van der Waals surface area (Å²) in [4.78, 5) is 27.7. The highest BCUT2D eigenvalue weighted by molar-refractivity contribution is 7.80. The van der Waals surface area contributed by atoms with Crippen LogP contribution in [0.3, 0.4) is 0 Å². The lowest BCUT2D eigenvalue weighted by Crippen LogP contribution is -2.36. The first-order valence-electron chi connectivity index (χ1n) is 6.11. The van der Waals surface area contributed by atoms with Gasteiger partial charge in [-0.15, -0.1) is 0 Å². The number of carbonyl (C=O) groups excluding carboxylic acids is 2. The van der Waals surface area contributed by atoms with E-state index in [4.69, 9.17) is 17.0 Å². The first-order valence-corrected chi connectivity index (χ1v) is 7.34. The molecular formula is C12H17N3O3S2. The van der Waals surface area contributed by atoms with E-state index in [1.165, 1.54) is 0 Å². The Balaban J connectivity index is 2.70. The number of aryl methyl sites for hydroxylation is 1. The monoisotopic (exact) mass is 315 g/mol. The van der Waals surface area contributed by atoms with Crippen molar-refractivity contribution in [1.82, 2.24) is 10.3 Å². The Labute approximate surface area is 126 Å². The summed E-state index contributed by atoms with van der Waals surface area (Å²) in [5.41, 5.74) is 0.564. The van der Waals surface area contributed by atoms with Crippen molar-refractivity contribution in [3.05, 3.63) is 10.6 Å². The van der Waals surface area contributed by atoms with Crippen LogP contribution < -0.4 is 10.6 Å². The SMILES string of the molecule is CCOC(=O)c1sc(NC(=S)NC(=O)C(C)C)nc1C. The standard InChI is InChI=1S/C12H17N3O3S2/c1-5-18-10(17)8-7(4)13-12(20-8)15-11(19)14-9(16)6(2)3/h6H,5H2,1-4H3,(H2,13,14,15,16,19). The molecular weight excluding hydrogens is 298 g/mol. The number of nitrogens with zero attached hydrogens (tertiary/aromatic N) is 1. The highest BCUT2D eigenvalue weighted by Gasteiger charge is 2.17. The van der Waals surface area contributed by atoms with Crippen LogP contribution in [0, 0.1) is 12.8 Å². The van der Waals surface area contributed by atoms with Crippen molar-refractivity contribution in [2.75, 3.05) is 11.9 Å². The maximum Gasteiger partial charge on any atom is 0.350 e. The summed E-state index contributed by atoms with van der Waals surface area (Å²) in [7, 11) is 0. The summed E-state index contributed by atoms with van der Waals surface area (Å²) in [6, 6.07) is 0. The third kappa shape index (κ3) is 4.53. The molecule has 0 aliphatic rings. The maximum absolute atomic E-state index is 11.6. The molecule has 0 saturated heterocycles. The number of thiocarbonyl (C=S) groups is 1. The summed E-state index contributed by atoms with van der Waals surface area (Å²) in [5.74, 6) is -0.753. The first kappa shape index (κ1) is 16.5. The van der Waals surface area contributed by atoms with E-state index in [2.05, 4.69) is 15.6 Å². The second-order valence-electron chi connectivity index (χ2n) is 4.25. The van der Waals surface area contributed by atoms with Gasteiger partial charge in [-0.25, -0.2) is 9.78 Å². The molecule has 1 aromatic rings.